The van der Waals surface area contributed by atoms with Gasteiger partial charge >= 0.3 is 0 Å². The molecule has 1 aliphatic rings. The Kier molecular flexibility index (Phi) is 2.52. The summed E-state index contributed by atoms with van der Waals surface area (Å²) in [7, 11) is 0. The molecule has 0 saturated heterocycles. The summed E-state index contributed by atoms with van der Waals surface area (Å²) in [5.74, 6) is 0.681. The van der Waals surface area contributed by atoms with Crippen LogP contribution in [0.2, 0.25) is 5.02 Å². The molecule has 0 amide bonds. The third kappa shape index (κ3) is 1.95. The van der Waals surface area contributed by atoms with Gasteiger partial charge in [0, 0.05) is 5.56 Å². The summed E-state index contributed by atoms with van der Waals surface area (Å²) in [5.41, 5.74) is 7.46. The first kappa shape index (κ1) is 11.5. The van der Waals surface area contributed by atoms with Crippen molar-refractivity contribution in [3.05, 3.63) is 23.2 Å². The van der Waals surface area contributed by atoms with E-state index in [0.29, 0.717) is 21.9 Å². The van der Waals surface area contributed by atoms with Crippen molar-refractivity contribution >= 4 is 17.3 Å². The van der Waals surface area contributed by atoms with E-state index in [0.717, 1.165) is 12.1 Å². The topological polar surface area (TPSA) is 69.6 Å². The van der Waals surface area contributed by atoms with E-state index in [1.54, 1.807) is 6.07 Å². The number of benzene rings is 1. The molecule has 0 unspecified atom stereocenters. The van der Waals surface area contributed by atoms with Crippen LogP contribution in [0, 0.1) is 5.41 Å². The number of halogens is 1. The highest BCUT2D eigenvalue weighted by Crippen LogP contribution is 2.46. The van der Waals surface area contributed by atoms with Crippen LogP contribution in [-0.4, -0.2) is 20.2 Å². The summed E-state index contributed by atoms with van der Waals surface area (Å²) >= 11 is 6.21. The Labute approximate surface area is 110 Å². The van der Waals surface area contributed by atoms with Gasteiger partial charge in [-0.2, -0.15) is 0 Å². The van der Waals surface area contributed by atoms with E-state index in [2.05, 4.69) is 22.4 Å². The standard InChI is InChI=1S/C12H14ClN5/c1-12(5-6-12)7-18-11(15-16-17-18)8-3-2-4-9(14)10(8)13/h2-4H,5-7,14H2,1H3. The minimum atomic E-state index is 0.330. The number of hydrogen-bond donors (Lipinski definition) is 1. The van der Waals surface area contributed by atoms with Crippen LogP contribution in [0.4, 0.5) is 5.69 Å². The summed E-state index contributed by atoms with van der Waals surface area (Å²) in [6.07, 6.45) is 2.44. The second kappa shape index (κ2) is 3.95. The van der Waals surface area contributed by atoms with Crippen molar-refractivity contribution in [2.24, 2.45) is 5.41 Å². The smallest absolute Gasteiger partial charge is 0.183 e. The first-order valence-corrected chi connectivity index (χ1v) is 6.27. The van der Waals surface area contributed by atoms with Crippen molar-refractivity contribution in [3.8, 4) is 11.4 Å². The third-order valence-corrected chi connectivity index (χ3v) is 3.86. The average molecular weight is 264 g/mol. The fourth-order valence-corrected chi connectivity index (χ4v) is 2.17. The zero-order valence-corrected chi connectivity index (χ0v) is 10.9. The molecule has 0 aliphatic heterocycles. The molecule has 0 spiro atoms. The van der Waals surface area contributed by atoms with Crippen LogP contribution in [0.1, 0.15) is 19.8 Å². The molecule has 94 valence electrons. The molecule has 2 N–H and O–H groups in total. The fourth-order valence-electron chi connectivity index (χ4n) is 1.96. The Bertz CT molecular complexity index is 588. The Morgan fingerprint density at radius 1 is 1.44 bits per heavy atom. The van der Waals surface area contributed by atoms with E-state index in [9.17, 15) is 0 Å². The van der Waals surface area contributed by atoms with Crippen LogP contribution in [0.25, 0.3) is 11.4 Å². The highest BCUT2D eigenvalue weighted by Gasteiger charge is 2.38. The number of nitrogens with zero attached hydrogens (tertiary/aromatic N) is 4. The number of hydrogen-bond acceptors (Lipinski definition) is 4. The summed E-state index contributed by atoms with van der Waals surface area (Å²) in [6.45, 7) is 3.06. The van der Waals surface area contributed by atoms with Gasteiger partial charge in [0.25, 0.3) is 0 Å². The second-order valence-corrected chi connectivity index (χ2v) is 5.56. The Hall–Kier alpha value is -1.62. The van der Waals surface area contributed by atoms with E-state index in [-0.39, 0.29) is 0 Å². The molecule has 6 heteroatoms. The first-order valence-electron chi connectivity index (χ1n) is 5.90. The zero-order chi connectivity index (χ0) is 12.8. The van der Waals surface area contributed by atoms with E-state index < -0.39 is 0 Å². The van der Waals surface area contributed by atoms with Crippen molar-refractivity contribution in [1.29, 1.82) is 0 Å². The highest BCUT2D eigenvalue weighted by molar-refractivity contribution is 6.35. The maximum absolute atomic E-state index is 6.21. The highest BCUT2D eigenvalue weighted by atomic mass is 35.5. The lowest BCUT2D eigenvalue weighted by molar-refractivity contribution is 0.427. The van der Waals surface area contributed by atoms with Gasteiger partial charge < -0.3 is 5.73 Å². The van der Waals surface area contributed by atoms with Gasteiger partial charge in [-0.1, -0.05) is 24.6 Å². The van der Waals surface area contributed by atoms with Crippen LogP contribution in [0.15, 0.2) is 18.2 Å². The normalized spacial score (nSPS) is 16.8. The predicted octanol–water partition coefficient (Wildman–Crippen LogP) is 2.38. The molecule has 1 aromatic heterocycles. The summed E-state index contributed by atoms with van der Waals surface area (Å²) in [6, 6.07) is 5.51. The van der Waals surface area contributed by atoms with Gasteiger partial charge in [0.05, 0.1) is 17.3 Å². The molecule has 1 saturated carbocycles. The van der Waals surface area contributed by atoms with Gasteiger partial charge in [0.2, 0.25) is 0 Å². The molecule has 1 aromatic carbocycles. The zero-order valence-electron chi connectivity index (χ0n) is 10.1. The lowest BCUT2D eigenvalue weighted by Gasteiger charge is -2.11. The Balaban J connectivity index is 2.01. The lowest BCUT2D eigenvalue weighted by Crippen LogP contribution is -2.11. The van der Waals surface area contributed by atoms with Gasteiger partial charge in [-0.05, 0) is 40.8 Å². The predicted molar refractivity (Wildman–Crippen MR) is 70.0 cm³/mol. The van der Waals surface area contributed by atoms with Gasteiger partial charge in [0.15, 0.2) is 5.82 Å². The van der Waals surface area contributed by atoms with E-state index in [1.807, 2.05) is 16.8 Å². The molecule has 5 nitrogen and oxygen atoms in total. The molecule has 3 rings (SSSR count). The average Bonchev–Trinajstić information content (AvgIpc) is 2.88. The molecule has 0 radical (unpaired) electrons. The lowest BCUT2D eigenvalue weighted by atomic mass is 10.1. The van der Waals surface area contributed by atoms with Crippen molar-refractivity contribution < 1.29 is 0 Å². The molecular formula is C12H14ClN5. The summed E-state index contributed by atoms with van der Waals surface area (Å²) in [5, 5.41) is 12.4. The molecule has 1 heterocycles. The molecule has 1 aliphatic carbocycles. The maximum Gasteiger partial charge on any atom is 0.183 e. The number of anilines is 1. The van der Waals surface area contributed by atoms with Crippen molar-refractivity contribution in [1.82, 2.24) is 20.2 Å². The monoisotopic (exact) mass is 263 g/mol. The van der Waals surface area contributed by atoms with Gasteiger partial charge in [0.1, 0.15) is 0 Å². The number of aromatic nitrogens is 4. The molecule has 2 aromatic rings. The summed E-state index contributed by atoms with van der Waals surface area (Å²) < 4.78 is 1.81. The maximum atomic E-state index is 6.21. The van der Waals surface area contributed by atoms with E-state index >= 15 is 0 Å². The number of tetrazole rings is 1. The van der Waals surface area contributed by atoms with Gasteiger partial charge in [-0.25, -0.2) is 4.68 Å². The molecule has 18 heavy (non-hydrogen) atoms. The molecule has 1 fully saturated rings. The van der Waals surface area contributed by atoms with Crippen LogP contribution < -0.4 is 5.73 Å². The molecule has 0 bridgehead atoms. The minimum Gasteiger partial charge on any atom is -0.398 e. The first-order chi connectivity index (χ1) is 8.59. The summed E-state index contributed by atoms with van der Waals surface area (Å²) in [4.78, 5) is 0. The fraction of sp³-hybridized carbons (Fsp3) is 0.417. The van der Waals surface area contributed by atoms with E-state index in [4.69, 9.17) is 17.3 Å². The van der Waals surface area contributed by atoms with Gasteiger partial charge in [-0.3, -0.25) is 0 Å². The van der Waals surface area contributed by atoms with Crippen LogP contribution in [-0.2, 0) is 6.54 Å². The second-order valence-electron chi connectivity index (χ2n) is 5.18. The minimum absolute atomic E-state index is 0.330. The van der Waals surface area contributed by atoms with Crippen LogP contribution in [0.3, 0.4) is 0 Å². The van der Waals surface area contributed by atoms with Crippen LogP contribution >= 0.6 is 11.6 Å². The molecule has 0 atom stereocenters. The number of rotatable bonds is 3. The van der Waals surface area contributed by atoms with Crippen molar-refractivity contribution in [2.45, 2.75) is 26.3 Å². The SMILES string of the molecule is CC1(Cn2nnnc2-c2cccc(N)c2Cl)CC1. The quantitative estimate of drug-likeness (QED) is 0.863. The van der Waals surface area contributed by atoms with Gasteiger partial charge in [-0.15, -0.1) is 5.10 Å². The largest absolute Gasteiger partial charge is 0.398 e. The van der Waals surface area contributed by atoms with Crippen molar-refractivity contribution in [3.63, 3.8) is 0 Å². The third-order valence-electron chi connectivity index (χ3n) is 3.44. The van der Waals surface area contributed by atoms with Crippen LogP contribution in [0.5, 0.6) is 0 Å². The number of nitrogens with two attached hydrogens (primary N) is 1. The van der Waals surface area contributed by atoms with E-state index in [1.165, 1.54) is 12.8 Å². The Morgan fingerprint density at radius 2 is 2.22 bits per heavy atom. The number of nitrogen functional groups attached to an aromatic ring is 1. The Morgan fingerprint density at radius 3 is 2.94 bits per heavy atom. The molecular weight excluding hydrogens is 250 g/mol. The van der Waals surface area contributed by atoms with Crippen molar-refractivity contribution in [2.75, 3.05) is 5.73 Å².